The summed E-state index contributed by atoms with van der Waals surface area (Å²) in [5, 5.41) is 3.29. The van der Waals surface area contributed by atoms with Crippen LogP contribution in [0.25, 0.3) is 0 Å². The summed E-state index contributed by atoms with van der Waals surface area (Å²) in [6, 6.07) is 8.03. The van der Waals surface area contributed by atoms with Gasteiger partial charge in [0.05, 0.1) is 0 Å². The number of nitrogens with zero attached hydrogens (tertiary/aromatic N) is 5. The molecule has 3 rings (SSSR count). The molecule has 0 aromatic carbocycles. The van der Waals surface area contributed by atoms with E-state index >= 15 is 0 Å². The van der Waals surface area contributed by atoms with Gasteiger partial charge >= 0.3 is 0 Å². The van der Waals surface area contributed by atoms with Crippen molar-refractivity contribution in [3.05, 3.63) is 36.7 Å². The molecule has 0 atom stereocenters. The molecule has 0 saturated carbocycles. The highest BCUT2D eigenvalue weighted by atomic mass is 15.3. The van der Waals surface area contributed by atoms with Crippen molar-refractivity contribution in [1.29, 1.82) is 0 Å². The number of hydrogen-bond donors (Lipinski definition) is 1. The van der Waals surface area contributed by atoms with Crippen LogP contribution in [-0.2, 0) is 0 Å². The zero-order chi connectivity index (χ0) is 16.1. The summed E-state index contributed by atoms with van der Waals surface area (Å²) in [4.78, 5) is 18.0. The predicted molar refractivity (Wildman–Crippen MR) is 94.0 cm³/mol. The molecular formula is C17H24N6. The van der Waals surface area contributed by atoms with Crippen LogP contribution in [0.3, 0.4) is 0 Å². The minimum absolute atomic E-state index is 0.573. The van der Waals surface area contributed by atoms with Crippen LogP contribution >= 0.6 is 0 Å². The van der Waals surface area contributed by atoms with E-state index in [-0.39, 0.29) is 0 Å². The van der Waals surface area contributed by atoms with E-state index in [1.807, 2.05) is 30.6 Å². The van der Waals surface area contributed by atoms with E-state index in [0.717, 1.165) is 44.4 Å². The number of rotatable bonds is 5. The highest BCUT2D eigenvalue weighted by Crippen LogP contribution is 2.18. The van der Waals surface area contributed by atoms with E-state index in [2.05, 4.69) is 50.0 Å². The van der Waals surface area contributed by atoms with E-state index in [1.54, 1.807) is 0 Å². The average molecular weight is 312 g/mol. The van der Waals surface area contributed by atoms with Crippen molar-refractivity contribution in [1.82, 2.24) is 15.0 Å². The summed E-state index contributed by atoms with van der Waals surface area (Å²) in [5.41, 5.74) is 0. The molecule has 6 nitrogen and oxygen atoms in total. The fourth-order valence-corrected chi connectivity index (χ4v) is 2.61. The van der Waals surface area contributed by atoms with E-state index in [9.17, 15) is 0 Å². The van der Waals surface area contributed by atoms with Crippen molar-refractivity contribution in [3.63, 3.8) is 0 Å². The molecule has 1 aliphatic rings. The van der Waals surface area contributed by atoms with E-state index in [0.29, 0.717) is 11.9 Å². The Balaban J connectivity index is 1.60. The van der Waals surface area contributed by atoms with Crippen molar-refractivity contribution in [2.45, 2.75) is 13.8 Å². The molecule has 3 heterocycles. The molecule has 23 heavy (non-hydrogen) atoms. The summed E-state index contributed by atoms with van der Waals surface area (Å²) in [6.07, 6.45) is 3.68. The summed E-state index contributed by atoms with van der Waals surface area (Å²) in [6.45, 7) is 9.03. The molecule has 122 valence electrons. The smallest absolute Gasteiger partial charge is 0.224 e. The van der Waals surface area contributed by atoms with Crippen molar-refractivity contribution in [3.8, 4) is 0 Å². The lowest BCUT2D eigenvalue weighted by molar-refractivity contribution is 0.640. The van der Waals surface area contributed by atoms with Gasteiger partial charge in [0, 0.05) is 45.1 Å². The van der Waals surface area contributed by atoms with Crippen LogP contribution in [0.4, 0.5) is 17.6 Å². The second kappa shape index (κ2) is 7.26. The molecule has 1 N–H and O–H groups in total. The first-order valence-electron chi connectivity index (χ1n) is 8.20. The molecule has 1 fully saturated rings. The van der Waals surface area contributed by atoms with Gasteiger partial charge in [-0.05, 0) is 24.1 Å². The van der Waals surface area contributed by atoms with Crippen LogP contribution in [-0.4, -0.2) is 47.7 Å². The summed E-state index contributed by atoms with van der Waals surface area (Å²) >= 11 is 0. The largest absolute Gasteiger partial charge is 0.354 e. The number of piperazine rings is 1. The summed E-state index contributed by atoms with van der Waals surface area (Å²) in [5.74, 6) is 3.33. The van der Waals surface area contributed by atoms with Crippen LogP contribution in [0, 0.1) is 5.92 Å². The highest BCUT2D eigenvalue weighted by molar-refractivity contribution is 5.46. The van der Waals surface area contributed by atoms with Crippen LogP contribution < -0.4 is 15.1 Å². The van der Waals surface area contributed by atoms with Crippen LogP contribution in [0.15, 0.2) is 36.7 Å². The van der Waals surface area contributed by atoms with E-state index in [4.69, 9.17) is 0 Å². The zero-order valence-electron chi connectivity index (χ0n) is 13.8. The summed E-state index contributed by atoms with van der Waals surface area (Å²) < 4.78 is 0. The van der Waals surface area contributed by atoms with Crippen molar-refractivity contribution < 1.29 is 0 Å². The van der Waals surface area contributed by atoms with Crippen LogP contribution in [0.1, 0.15) is 13.8 Å². The summed E-state index contributed by atoms with van der Waals surface area (Å²) in [7, 11) is 0. The maximum absolute atomic E-state index is 4.64. The Morgan fingerprint density at radius 2 is 1.70 bits per heavy atom. The molecule has 0 aliphatic carbocycles. The van der Waals surface area contributed by atoms with Gasteiger partial charge in [0.2, 0.25) is 5.95 Å². The molecule has 0 radical (unpaired) electrons. The number of pyridine rings is 1. The molecule has 6 heteroatoms. The standard InChI is InChI=1S/C17H24N6/c1-14(2)13-20-17-19-8-6-16(21-17)23-11-9-22(10-12-23)15-5-3-4-7-18-15/h3-8,14H,9-13H2,1-2H3,(H,19,20,21). The number of anilines is 3. The quantitative estimate of drug-likeness (QED) is 0.914. The molecule has 2 aromatic heterocycles. The van der Waals surface area contributed by atoms with Gasteiger partial charge in [0.25, 0.3) is 0 Å². The minimum Gasteiger partial charge on any atom is -0.354 e. The molecular weight excluding hydrogens is 288 g/mol. The van der Waals surface area contributed by atoms with Crippen LogP contribution in [0.5, 0.6) is 0 Å². The Hall–Kier alpha value is -2.37. The van der Waals surface area contributed by atoms with Crippen molar-refractivity contribution in [2.75, 3.05) is 47.8 Å². The van der Waals surface area contributed by atoms with Gasteiger partial charge < -0.3 is 15.1 Å². The van der Waals surface area contributed by atoms with Gasteiger partial charge in [0.1, 0.15) is 11.6 Å². The Morgan fingerprint density at radius 3 is 2.35 bits per heavy atom. The Labute approximate surface area is 137 Å². The first kappa shape index (κ1) is 15.5. The second-order valence-electron chi connectivity index (χ2n) is 6.18. The van der Waals surface area contributed by atoms with Gasteiger partial charge in [-0.1, -0.05) is 19.9 Å². The second-order valence-corrected chi connectivity index (χ2v) is 6.18. The molecule has 2 aromatic rings. The third-order valence-electron chi connectivity index (χ3n) is 3.89. The first-order valence-corrected chi connectivity index (χ1v) is 8.20. The van der Waals surface area contributed by atoms with Gasteiger partial charge in [-0.25, -0.2) is 9.97 Å². The average Bonchev–Trinajstić information content (AvgIpc) is 2.61. The monoisotopic (exact) mass is 312 g/mol. The fourth-order valence-electron chi connectivity index (χ4n) is 2.61. The zero-order valence-corrected chi connectivity index (χ0v) is 13.8. The number of hydrogen-bond acceptors (Lipinski definition) is 6. The van der Waals surface area contributed by atoms with E-state index < -0.39 is 0 Å². The maximum Gasteiger partial charge on any atom is 0.224 e. The molecule has 0 amide bonds. The number of aromatic nitrogens is 3. The maximum atomic E-state index is 4.64. The van der Waals surface area contributed by atoms with Crippen LogP contribution in [0.2, 0.25) is 0 Å². The van der Waals surface area contributed by atoms with Crippen molar-refractivity contribution in [2.24, 2.45) is 5.92 Å². The normalized spacial score (nSPS) is 15.1. The SMILES string of the molecule is CC(C)CNc1nccc(N2CCN(c3ccccn3)CC2)n1. The molecule has 1 aliphatic heterocycles. The highest BCUT2D eigenvalue weighted by Gasteiger charge is 2.19. The Kier molecular flexibility index (Phi) is 4.90. The number of nitrogens with one attached hydrogen (secondary N) is 1. The lowest BCUT2D eigenvalue weighted by atomic mass is 10.2. The van der Waals surface area contributed by atoms with Gasteiger partial charge in [-0.15, -0.1) is 0 Å². The Morgan fingerprint density at radius 1 is 0.957 bits per heavy atom. The lowest BCUT2D eigenvalue weighted by Crippen LogP contribution is -2.47. The molecule has 0 spiro atoms. The van der Waals surface area contributed by atoms with E-state index in [1.165, 1.54) is 0 Å². The third-order valence-corrected chi connectivity index (χ3v) is 3.89. The molecule has 1 saturated heterocycles. The predicted octanol–water partition coefficient (Wildman–Crippen LogP) is 2.27. The lowest BCUT2D eigenvalue weighted by Gasteiger charge is -2.36. The van der Waals surface area contributed by atoms with Gasteiger partial charge in [-0.3, -0.25) is 0 Å². The van der Waals surface area contributed by atoms with Gasteiger partial charge in [-0.2, -0.15) is 4.98 Å². The topological polar surface area (TPSA) is 57.2 Å². The fraction of sp³-hybridized carbons (Fsp3) is 0.471. The minimum atomic E-state index is 0.573. The Bertz CT molecular complexity index is 607. The van der Waals surface area contributed by atoms with Gasteiger partial charge in [0.15, 0.2) is 0 Å². The van der Waals surface area contributed by atoms with Crippen molar-refractivity contribution >= 4 is 17.6 Å². The molecule has 0 unspecified atom stereocenters. The first-order chi connectivity index (χ1) is 11.2. The molecule has 0 bridgehead atoms. The third kappa shape index (κ3) is 4.09.